The van der Waals surface area contributed by atoms with Crippen molar-refractivity contribution in [1.29, 1.82) is 0 Å². The lowest BCUT2D eigenvalue weighted by Gasteiger charge is -2.25. The molecule has 0 radical (unpaired) electrons. The fourth-order valence-corrected chi connectivity index (χ4v) is 3.17. The molecule has 1 heterocycles. The Hall–Kier alpha value is -2.73. The van der Waals surface area contributed by atoms with E-state index in [0.29, 0.717) is 6.54 Å². The van der Waals surface area contributed by atoms with Crippen LogP contribution in [0.2, 0.25) is 5.02 Å². The second-order valence-corrected chi connectivity index (χ2v) is 6.16. The quantitative estimate of drug-likeness (QED) is 0.784. The summed E-state index contributed by atoms with van der Waals surface area (Å²) in [6.07, 6.45) is 0. The Morgan fingerprint density at radius 1 is 1.24 bits per heavy atom. The molecule has 25 heavy (non-hydrogen) atoms. The van der Waals surface area contributed by atoms with Crippen molar-refractivity contribution < 1.29 is 19.8 Å². The van der Waals surface area contributed by atoms with E-state index in [1.165, 1.54) is 11.0 Å². The molecule has 0 saturated carbocycles. The molecule has 0 spiro atoms. The SMILES string of the molecule is CCNC(=O)[C@@H]1c2ccccc2CN1C(=O)c1cc(Cl)c(O)cc1O. The highest BCUT2D eigenvalue weighted by Crippen LogP contribution is 2.38. The van der Waals surface area contributed by atoms with Gasteiger partial charge in [0.15, 0.2) is 0 Å². The molecule has 1 atom stereocenters. The van der Waals surface area contributed by atoms with Crippen LogP contribution in [0.3, 0.4) is 0 Å². The maximum Gasteiger partial charge on any atom is 0.258 e. The van der Waals surface area contributed by atoms with Gasteiger partial charge in [0.1, 0.15) is 17.5 Å². The van der Waals surface area contributed by atoms with E-state index in [1.54, 1.807) is 6.92 Å². The Balaban J connectivity index is 2.02. The number of hydrogen-bond donors (Lipinski definition) is 3. The maximum absolute atomic E-state index is 13.0. The normalized spacial score (nSPS) is 15.8. The van der Waals surface area contributed by atoms with Crippen molar-refractivity contribution in [1.82, 2.24) is 10.2 Å². The van der Waals surface area contributed by atoms with E-state index < -0.39 is 17.7 Å². The summed E-state index contributed by atoms with van der Waals surface area (Å²) < 4.78 is 0. The first-order chi connectivity index (χ1) is 11.9. The summed E-state index contributed by atoms with van der Waals surface area (Å²) in [5.74, 6) is -1.53. The third-order valence-corrected chi connectivity index (χ3v) is 4.46. The lowest BCUT2D eigenvalue weighted by molar-refractivity contribution is -0.125. The monoisotopic (exact) mass is 360 g/mol. The lowest BCUT2D eigenvalue weighted by atomic mass is 10.0. The molecule has 3 N–H and O–H groups in total. The van der Waals surface area contributed by atoms with Crippen molar-refractivity contribution in [3.8, 4) is 11.5 Å². The van der Waals surface area contributed by atoms with Gasteiger partial charge in [-0.05, 0) is 24.1 Å². The molecule has 0 bridgehead atoms. The van der Waals surface area contributed by atoms with E-state index in [4.69, 9.17) is 11.6 Å². The molecule has 1 aliphatic rings. The summed E-state index contributed by atoms with van der Waals surface area (Å²) in [4.78, 5) is 26.9. The molecule has 2 aromatic carbocycles. The van der Waals surface area contributed by atoms with Crippen molar-refractivity contribution in [3.63, 3.8) is 0 Å². The van der Waals surface area contributed by atoms with Crippen LogP contribution in [0.1, 0.15) is 34.5 Å². The number of phenolic OH excluding ortho intramolecular Hbond substituents is 2. The topological polar surface area (TPSA) is 89.9 Å². The van der Waals surface area contributed by atoms with Crippen LogP contribution >= 0.6 is 11.6 Å². The standard InChI is InChI=1S/C18H17ClN2O4/c1-2-20-17(24)16-11-6-4-3-5-10(11)9-21(16)18(25)12-7-13(19)15(23)8-14(12)22/h3-8,16,22-23H,2,9H2,1H3,(H,20,24)/t16-/m0/s1. The first kappa shape index (κ1) is 17.1. The number of hydrogen-bond acceptors (Lipinski definition) is 4. The molecule has 7 heteroatoms. The average molecular weight is 361 g/mol. The van der Waals surface area contributed by atoms with Gasteiger partial charge in [-0.25, -0.2) is 0 Å². The Bertz CT molecular complexity index is 853. The zero-order valence-corrected chi connectivity index (χ0v) is 14.2. The summed E-state index contributed by atoms with van der Waals surface area (Å²) in [5, 5.41) is 22.3. The van der Waals surface area contributed by atoms with Crippen LogP contribution in [0, 0.1) is 0 Å². The number of carbonyl (C=O) groups excluding carboxylic acids is 2. The largest absolute Gasteiger partial charge is 0.507 e. The zero-order valence-electron chi connectivity index (χ0n) is 13.5. The van der Waals surface area contributed by atoms with Crippen LogP contribution < -0.4 is 5.32 Å². The van der Waals surface area contributed by atoms with Crippen LogP contribution in [0.5, 0.6) is 11.5 Å². The number of nitrogens with one attached hydrogen (secondary N) is 1. The molecule has 0 aliphatic carbocycles. The third-order valence-electron chi connectivity index (χ3n) is 4.16. The minimum absolute atomic E-state index is 0.0487. The summed E-state index contributed by atoms with van der Waals surface area (Å²) in [5.41, 5.74) is 1.56. The van der Waals surface area contributed by atoms with Gasteiger partial charge in [0.05, 0.1) is 10.6 Å². The van der Waals surface area contributed by atoms with Crippen LogP contribution in [0.4, 0.5) is 0 Å². The van der Waals surface area contributed by atoms with Gasteiger partial charge >= 0.3 is 0 Å². The average Bonchev–Trinajstić information content (AvgIpc) is 2.97. The number of likely N-dealkylation sites (N-methyl/N-ethyl adjacent to an activating group) is 1. The van der Waals surface area contributed by atoms with E-state index in [0.717, 1.165) is 17.2 Å². The minimum Gasteiger partial charge on any atom is -0.507 e. The molecule has 2 amide bonds. The third kappa shape index (κ3) is 3.00. The van der Waals surface area contributed by atoms with Crippen molar-refractivity contribution in [2.45, 2.75) is 19.5 Å². The molecule has 6 nitrogen and oxygen atoms in total. The number of aromatic hydroxyl groups is 2. The van der Waals surface area contributed by atoms with Crippen molar-refractivity contribution in [2.24, 2.45) is 0 Å². The van der Waals surface area contributed by atoms with Crippen molar-refractivity contribution in [2.75, 3.05) is 6.54 Å². The molecule has 3 rings (SSSR count). The molecular formula is C18H17ClN2O4. The lowest BCUT2D eigenvalue weighted by Crippen LogP contribution is -2.39. The molecule has 0 unspecified atom stereocenters. The van der Waals surface area contributed by atoms with Gasteiger partial charge in [-0.1, -0.05) is 35.9 Å². The summed E-state index contributed by atoms with van der Waals surface area (Å²) in [6, 6.07) is 8.76. The van der Waals surface area contributed by atoms with Crippen LogP contribution in [0.25, 0.3) is 0 Å². The molecule has 0 aromatic heterocycles. The van der Waals surface area contributed by atoms with Gasteiger partial charge in [-0.3, -0.25) is 9.59 Å². The van der Waals surface area contributed by atoms with Gasteiger partial charge in [0.25, 0.3) is 5.91 Å². The van der Waals surface area contributed by atoms with Gasteiger partial charge in [-0.15, -0.1) is 0 Å². The Morgan fingerprint density at radius 3 is 2.68 bits per heavy atom. The van der Waals surface area contributed by atoms with E-state index in [1.807, 2.05) is 24.3 Å². The molecule has 2 aromatic rings. The predicted molar refractivity (Wildman–Crippen MR) is 92.5 cm³/mol. The smallest absolute Gasteiger partial charge is 0.258 e. The summed E-state index contributed by atoms with van der Waals surface area (Å²) >= 11 is 5.86. The highest BCUT2D eigenvalue weighted by atomic mass is 35.5. The highest BCUT2D eigenvalue weighted by Gasteiger charge is 2.39. The highest BCUT2D eigenvalue weighted by molar-refractivity contribution is 6.32. The second kappa shape index (κ2) is 6.64. The zero-order chi connectivity index (χ0) is 18.1. The maximum atomic E-state index is 13.0. The number of benzene rings is 2. The molecular weight excluding hydrogens is 344 g/mol. The number of nitrogens with zero attached hydrogens (tertiary/aromatic N) is 1. The van der Waals surface area contributed by atoms with Crippen molar-refractivity contribution in [3.05, 3.63) is 58.1 Å². The second-order valence-electron chi connectivity index (χ2n) is 5.75. The fourth-order valence-electron chi connectivity index (χ4n) is 3.01. The molecule has 0 saturated heterocycles. The molecule has 0 fully saturated rings. The number of rotatable bonds is 3. The van der Waals surface area contributed by atoms with E-state index in [-0.39, 0.29) is 28.8 Å². The Labute approximate surface area is 149 Å². The first-order valence-corrected chi connectivity index (χ1v) is 8.19. The van der Waals surface area contributed by atoms with Crippen LogP contribution in [0.15, 0.2) is 36.4 Å². The molecule has 130 valence electrons. The van der Waals surface area contributed by atoms with E-state index in [9.17, 15) is 19.8 Å². The van der Waals surface area contributed by atoms with Crippen LogP contribution in [-0.4, -0.2) is 33.5 Å². The van der Waals surface area contributed by atoms with Gasteiger partial charge in [0, 0.05) is 19.2 Å². The number of amides is 2. The summed E-state index contributed by atoms with van der Waals surface area (Å²) in [6.45, 7) is 2.49. The molecule has 1 aliphatic heterocycles. The van der Waals surface area contributed by atoms with Gasteiger partial charge < -0.3 is 20.4 Å². The van der Waals surface area contributed by atoms with Gasteiger partial charge in [0.2, 0.25) is 5.91 Å². The fraction of sp³-hybridized carbons (Fsp3) is 0.222. The van der Waals surface area contributed by atoms with E-state index in [2.05, 4.69) is 5.32 Å². The Kier molecular flexibility index (Phi) is 4.55. The van der Waals surface area contributed by atoms with Crippen molar-refractivity contribution >= 4 is 23.4 Å². The van der Waals surface area contributed by atoms with E-state index >= 15 is 0 Å². The first-order valence-electron chi connectivity index (χ1n) is 7.82. The van der Waals surface area contributed by atoms with Gasteiger partial charge in [-0.2, -0.15) is 0 Å². The minimum atomic E-state index is -0.782. The Morgan fingerprint density at radius 2 is 1.96 bits per heavy atom. The number of carbonyl (C=O) groups is 2. The number of fused-ring (bicyclic) bond motifs is 1. The predicted octanol–water partition coefficient (Wildman–Crippen LogP) is 2.58. The number of halogens is 1. The number of phenols is 2. The summed E-state index contributed by atoms with van der Waals surface area (Å²) in [7, 11) is 0. The van der Waals surface area contributed by atoms with Crippen LogP contribution in [-0.2, 0) is 11.3 Å².